The molecule has 0 atom stereocenters. The molecule has 0 unspecified atom stereocenters. The lowest BCUT2D eigenvalue weighted by Gasteiger charge is -1.99. The summed E-state index contributed by atoms with van der Waals surface area (Å²) in [6, 6.07) is 9.33. The average molecular weight is 201 g/mol. The van der Waals surface area contributed by atoms with Crippen molar-refractivity contribution < 1.29 is 9.53 Å². The second-order valence-corrected chi connectivity index (χ2v) is 3.06. The number of aryl methyl sites for hydroxylation is 1. The van der Waals surface area contributed by atoms with Crippen molar-refractivity contribution in [2.45, 2.75) is 6.92 Å². The molecule has 0 aliphatic rings. The van der Waals surface area contributed by atoms with Crippen LogP contribution in [0.5, 0.6) is 0 Å². The van der Waals surface area contributed by atoms with Gasteiger partial charge in [0.25, 0.3) is 0 Å². The molecule has 0 amide bonds. The van der Waals surface area contributed by atoms with E-state index in [1.807, 2.05) is 25.1 Å². The molecule has 0 saturated carbocycles. The van der Waals surface area contributed by atoms with Crippen molar-refractivity contribution in [2.75, 3.05) is 7.11 Å². The van der Waals surface area contributed by atoms with Gasteiger partial charge in [-0.1, -0.05) is 29.8 Å². The van der Waals surface area contributed by atoms with Gasteiger partial charge >= 0.3 is 5.97 Å². The fourth-order valence-electron chi connectivity index (χ4n) is 1.09. The first-order valence-electron chi connectivity index (χ1n) is 4.44. The Hall–Kier alpha value is -2.08. The molecule has 1 rings (SSSR count). The van der Waals surface area contributed by atoms with Gasteiger partial charge in [-0.3, -0.25) is 0 Å². The van der Waals surface area contributed by atoms with E-state index in [-0.39, 0.29) is 0 Å². The predicted molar refractivity (Wildman–Crippen MR) is 56.8 cm³/mol. The number of allylic oxidation sites excluding steroid dienone is 1. The lowest BCUT2D eigenvalue weighted by Crippen LogP contribution is -1.96. The molecule has 0 heterocycles. The van der Waals surface area contributed by atoms with Gasteiger partial charge in [-0.25, -0.2) is 4.79 Å². The van der Waals surface area contributed by atoms with E-state index in [1.165, 1.54) is 13.2 Å². The summed E-state index contributed by atoms with van der Waals surface area (Å²) in [4.78, 5) is 11.0. The van der Waals surface area contributed by atoms with Crippen LogP contribution in [0, 0.1) is 18.3 Å². The van der Waals surface area contributed by atoms with E-state index in [0.717, 1.165) is 5.56 Å². The first kappa shape index (κ1) is 11.0. The van der Waals surface area contributed by atoms with Crippen molar-refractivity contribution in [3.63, 3.8) is 0 Å². The van der Waals surface area contributed by atoms with Gasteiger partial charge in [-0.2, -0.15) is 5.26 Å². The topological polar surface area (TPSA) is 50.1 Å². The number of rotatable bonds is 2. The summed E-state index contributed by atoms with van der Waals surface area (Å²) in [5.41, 5.74) is 2.13. The van der Waals surface area contributed by atoms with Gasteiger partial charge in [0, 0.05) is 6.08 Å². The van der Waals surface area contributed by atoms with Crippen molar-refractivity contribution >= 4 is 11.5 Å². The summed E-state index contributed by atoms with van der Waals surface area (Å²) in [7, 11) is 1.28. The minimum Gasteiger partial charge on any atom is -0.466 e. The fourth-order valence-corrected chi connectivity index (χ4v) is 1.09. The van der Waals surface area contributed by atoms with Gasteiger partial charge in [0.1, 0.15) is 6.07 Å². The van der Waals surface area contributed by atoms with Gasteiger partial charge in [0.2, 0.25) is 0 Å². The van der Waals surface area contributed by atoms with Crippen LogP contribution in [0.25, 0.3) is 5.57 Å². The number of nitrogens with zero attached hydrogens (tertiary/aromatic N) is 1. The van der Waals surface area contributed by atoms with Crippen LogP contribution in [-0.4, -0.2) is 13.1 Å². The number of methoxy groups -OCH3 is 1. The van der Waals surface area contributed by atoms with Crippen LogP contribution in [0.3, 0.4) is 0 Å². The number of esters is 1. The highest BCUT2D eigenvalue weighted by Gasteiger charge is 2.03. The molecule has 0 fully saturated rings. The first-order valence-corrected chi connectivity index (χ1v) is 4.44. The summed E-state index contributed by atoms with van der Waals surface area (Å²) < 4.78 is 4.46. The van der Waals surface area contributed by atoms with Crippen LogP contribution in [0.2, 0.25) is 0 Å². The maximum Gasteiger partial charge on any atom is 0.331 e. The third kappa shape index (κ3) is 2.96. The second kappa shape index (κ2) is 4.97. The Morgan fingerprint density at radius 2 is 2.00 bits per heavy atom. The summed E-state index contributed by atoms with van der Waals surface area (Å²) in [6.07, 6.45) is 1.19. The minimum atomic E-state index is -0.521. The van der Waals surface area contributed by atoms with Crippen molar-refractivity contribution in [1.82, 2.24) is 0 Å². The lowest BCUT2D eigenvalue weighted by molar-refractivity contribution is -0.134. The zero-order valence-electron chi connectivity index (χ0n) is 8.65. The van der Waals surface area contributed by atoms with Gasteiger partial charge in [-0.15, -0.1) is 0 Å². The number of hydrogen-bond acceptors (Lipinski definition) is 3. The Bertz CT molecular complexity index is 424. The van der Waals surface area contributed by atoms with Crippen LogP contribution >= 0.6 is 0 Å². The number of hydrogen-bond donors (Lipinski definition) is 0. The molecule has 0 radical (unpaired) electrons. The number of ether oxygens (including phenoxy) is 1. The van der Waals surface area contributed by atoms with Crippen molar-refractivity contribution in [3.8, 4) is 6.07 Å². The molecule has 0 aliphatic heterocycles. The van der Waals surface area contributed by atoms with E-state index in [2.05, 4.69) is 4.74 Å². The molecular formula is C12H11NO2. The third-order valence-corrected chi connectivity index (χ3v) is 1.95. The maximum atomic E-state index is 11.0. The van der Waals surface area contributed by atoms with Crippen LogP contribution in [-0.2, 0) is 9.53 Å². The van der Waals surface area contributed by atoms with Gasteiger partial charge < -0.3 is 4.74 Å². The average Bonchev–Trinajstić information content (AvgIpc) is 2.27. The monoisotopic (exact) mass is 201 g/mol. The zero-order chi connectivity index (χ0) is 11.3. The van der Waals surface area contributed by atoms with E-state index in [1.54, 1.807) is 12.1 Å². The van der Waals surface area contributed by atoms with Crippen molar-refractivity contribution in [2.24, 2.45) is 0 Å². The molecule has 15 heavy (non-hydrogen) atoms. The molecule has 0 bridgehead atoms. The molecule has 0 aliphatic carbocycles. The van der Waals surface area contributed by atoms with Crippen LogP contribution in [0.1, 0.15) is 11.1 Å². The Kier molecular flexibility index (Phi) is 3.64. The van der Waals surface area contributed by atoms with Gasteiger partial charge in [-0.05, 0) is 12.5 Å². The number of carbonyl (C=O) groups is 1. The fraction of sp³-hybridized carbons (Fsp3) is 0.167. The Morgan fingerprint density at radius 3 is 2.47 bits per heavy atom. The summed E-state index contributed by atoms with van der Waals surface area (Å²) >= 11 is 0. The van der Waals surface area contributed by atoms with Crippen LogP contribution in [0.4, 0.5) is 0 Å². The van der Waals surface area contributed by atoms with Crippen molar-refractivity contribution in [3.05, 3.63) is 41.5 Å². The Labute approximate surface area is 88.6 Å². The molecule has 0 N–H and O–H groups in total. The van der Waals surface area contributed by atoms with Crippen molar-refractivity contribution in [1.29, 1.82) is 5.26 Å². The Balaban J connectivity index is 3.04. The Morgan fingerprint density at radius 1 is 1.40 bits per heavy atom. The molecule has 0 saturated heterocycles. The second-order valence-electron chi connectivity index (χ2n) is 3.06. The SMILES string of the molecule is COC(=O)/C=C(\C#N)c1ccc(C)cc1. The number of nitriles is 1. The van der Waals surface area contributed by atoms with Gasteiger partial charge in [0.05, 0.1) is 12.7 Å². The van der Waals surface area contributed by atoms with Crippen LogP contribution in [0.15, 0.2) is 30.3 Å². The first-order chi connectivity index (χ1) is 7.17. The van der Waals surface area contributed by atoms with E-state index in [9.17, 15) is 4.79 Å². The van der Waals surface area contributed by atoms with E-state index in [0.29, 0.717) is 11.1 Å². The molecule has 3 nitrogen and oxygen atoms in total. The number of benzene rings is 1. The summed E-state index contributed by atoms with van der Waals surface area (Å²) in [5.74, 6) is -0.521. The molecular weight excluding hydrogens is 190 g/mol. The van der Waals surface area contributed by atoms with Gasteiger partial charge in [0.15, 0.2) is 0 Å². The minimum absolute atomic E-state index is 0.307. The molecule has 3 heteroatoms. The quantitative estimate of drug-likeness (QED) is 0.418. The molecule has 1 aromatic carbocycles. The third-order valence-electron chi connectivity index (χ3n) is 1.95. The van der Waals surface area contributed by atoms with E-state index >= 15 is 0 Å². The highest BCUT2D eigenvalue weighted by Crippen LogP contribution is 2.14. The molecule has 1 aromatic rings. The zero-order valence-corrected chi connectivity index (χ0v) is 8.65. The van der Waals surface area contributed by atoms with Crippen LogP contribution < -0.4 is 0 Å². The summed E-state index contributed by atoms with van der Waals surface area (Å²) in [5, 5.41) is 8.87. The smallest absolute Gasteiger partial charge is 0.331 e. The summed E-state index contributed by atoms with van der Waals surface area (Å²) in [6.45, 7) is 1.96. The van der Waals surface area contributed by atoms with E-state index in [4.69, 9.17) is 5.26 Å². The van der Waals surface area contributed by atoms with E-state index < -0.39 is 5.97 Å². The number of carbonyl (C=O) groups excluding carboxylic acids is 1. The molecule has 0 aromatic heterocycles. The largest absolute Gasteiger partial charge is 0.466 e. The molecule has 0 spiro atoms. The highest BCUT2D eigenvalue weighted by atomic mass is 16.5. The highest BCUT2D eigenvalue weighted by molar-refractivity contribution is 5.95. The molecule has 76 valence electrons. The predicted octanol–water partition coefficient (Wildman–Crippen LogP) is 2.07. The maximum absolute atomic E-state index is 11.0. The lowest BCUT2D eigenvalue weighted by atomic mass is 10.1. The standard InChI is InChI=1S/C12H11NO2/c1-9-3-5-10(6-4-9)11(8-13)7-12(14)15-2/h3-7H,1-2H3/b11-7+. The normalized spacial score (nSPS) is 10.6.